The Labute approximate surface area is 157 Å². The molecule has 2 aliphatic rings. The van der Waals surface area contributed by atoms with Crippen molar-refractivity contribution in [3.05, 3.63) is 35.9 Å². The fraction of sp³-hybridized carbons (Fsp3) is 0.611. The van der Waals surface area contributed by atoms with Crippen molar-refractivity contribution in [2.75, 3.05) is 26.2 Å². The quantitative estimate of drug-likeness (QED) is 0.829. The highest BCUT2D eigenvalue weighted by Gasteiger charge is 2.63. The average Bonchev–Trinajstić information content (AvgIpc) is 3.02. The van der Waals surface area contributed by atoms with E-state index in [1.54, 1.807) is 4.90 Å². The zero-order chi connectivity index (χ0) is 17.9. The summed E-state index contributed by atoms with van der Waals surface area (Å²) < 4.78 is 41.5. The number of carbonyl (C=O) groups is 1. The van der Waals surface area contributed by atoms with E-state index in [-0.39, 0.29) is 38.0 Å². The summed E-state index contributed by atoms with van der Waals surface area (Å²) in [5.74, 6) is -0.871. The zero-order valence-corrected chi connectivity index (χ0v) is 15.3. The molecule has 8 heteroatoms. The second-order valence-electron chi connectivity index (χ2n) is 7.04. The van der Waals surface area contributed by atoms with Crippen molar-refractivity contribution in [3.8, 4) is 0 Å². The Kier molecular flexibility index (Phi) is 6.93. The highest BCUT2D eigenvalue weighted by molar-refractivity contribution is 5.85. The fourth-order valence-corrected chi connectivity index (χ4v) is 3.71. The van der Waals surface area contributed by atoms with E-state index in [2.05, 4.69) is 10.6 Å². The van der Waals surface area contributed by atoms with E-state index in [0.29, 0.717) is 13.1 Å². The van der Waals surface area contributed by atoms with Crippen molar-refractivity contribution in [2.24, 2.45) is 5.41 Å². The Bertz CT molecular complexity index is 593. The summed E-state index contributed by atoms with van der Waals surface area (Å²) in [6.45, 7) is 1.80. The third kappa shape index (κ3) is 4.50. The average molecular weight is 392 g/mol. The maximum absolute atomic E-state index is 13.8. The second-order valence-corrected chi connectivity index (χ2v) is 7.04. The molecule has 146 valence electrons. The number of rotatable bonds is 4. The number of piperidine rings is 1. The van der Waals surface area contributed by atoms with Crippen LogP contribution in [0.5, 0.6) is 0 Å². The van der Waals surface area contributed by atoms with Crippen LogP contribution in [0.3, 0.4) is 0 Å². The second kappa shape index (κ2) is 8.59. The van der Waals surface area contributed by atoms with Crippen LogP contribution in [-0.2, 0) is 11.3 Å². The number of hydrogen-bond acceptors (Lipinski definition) is 3. The molecule has 4 nitrogen and oxygen atoms in total. The molecule has 2 N–H and O–H groups in total. The van der Waals surface area contributed by atoms with Crippen molar-refractivity contribution >= 4 is 18.3 Å². The van der Waals surface area contributed by atoms with Gasteiger partial charge >= 0.3 is 6.18 Å². The molecule has 0 bridgehead atoms. The molecule has 1 aromatic rings. The largest absolute Gasteiger partial charge is 0.404 e. The van der Waals surface area contributed by atoms with Gasteiger partial charge in [-0.25, -0.2) is 0 Å². The number of benzene rings is 1. The minimum Gasteiger partial charge on any atom is -0.351 e. The number of alkyl halides is 3. The van der Waals surface area contributed by atoms with Crippen LogP contribution >= 0.6 is 12.4 Å². The fourth-order valence-electron chi connectivity index (χ4n) is 3.71. The molecule has 2 fully saturated rings. The van der Waals surface area contributed by atoms with Crippen LogP contribution < -0.4 is 10.6 Å². The first kappa shape index (κ1) is 21.0. The monoisotopic (exact) mass is 391 g/mol. The summed E-state index contributed by atoms with van der Waals surface area (Å²) in [5.41, 5.74) is -1.35. The van der Waals surface area contributed by atoms with E-state index in [0.717, 1.165) is 24.9 Å². The van der Waals surface area contributed by atoms with Gasteiger partial charge in [0.25, 0.3) is 0 Å². The minimum atomic E-state index is -4.55. The van der Waals surface area contributed by atoms with Crippen LogP contribution in [0.4, 0.5) is 13.2 Å². The highest BCUT2D eigenvalue weighted by Crippen LogP contribution is 2.46. The molecule has 0 aliphatic carbocycles. The Morgan fingerprint density at radius 3 is 2.65 bits per heavy atom. The summed E-state index contributed by atoms with van der Waals surface area (Å²) in [6.07, 6.45) is -3.15. The third-order valence-electron chi connectivity index (χ3n) is 5.21. The molecule has 26 heavy (non-hydrogen) atoms. The first-order chi connectivity index (χ1) is 11.9. The van der Waals surface area contributed by atoms with E-state index in [1.807, 2.05) is 30.3 Å². The number of likely N-dealkylation sites (tertiary alicyclic amines) is 1. The maximum Gasteiger partial charge on any atom is 0.404 e. The maximum atomic E-state index is 13.8. The van der Waals surface area contributed by atoms with Gasteiger partial charge in [-0.1, -0.05) is 30.3 Å². The number of amides is 1. The molecule has 3 rings (SSSR count). The van der Waals surface area contributed by atoms with Gasteiger partial charge in [0.15, 0.2) is 5.41 Å². The summed E-state index contributed by atoms with van der Waals surface area (Å²) in [6, 6.07) is 9.17. The van der Waals surface area contributed by atoms with Gasteiger partial charge in [0.1, 0.15) is 0 Å². The van der Waals surface area contributed by atoms with Crippen molar-refractivity contribution < 1.29 is 18.0 Å². The highest BCUT2D eigenvalue weighted by atomic mass is 35.5. The lowest BCUT2D eigenvalue weighted by Gasteiger charge is -2.33. The van der Waals surface area contributed by atoms with Crippen molar-refractivity contribution in [2.45, 2.75) is 38.0 Å². The first-order valence-electron chi connectivity index (χ1n) is 8.75. The van der Waals surface area contributed by atoms with Crippen LogP contribution in [0.25, 0.3) is 0 Å². The lowest BCUT2D eigenvalue weighted by Crippen LogP contribution is -2.56. The standard InChI is InChI=1S/C18H24F3N3O.ClH/c19-18(20,21)17(16(25)23-15-7-4-9-22-11-15)8-10-24(13-17)12-14-5-2-1-3-6-14;/h1-3,5-6,15,22H,4,7-13H2,(H,23,25);1H/t15-,17?;/m0./s1. The van der Waals surface area contributed by atoms with Gasteiger partial charge < -0.3 is 10.6 Å². The van der Waals surface area contributed by atoms with Crippen molar-refractivity contribution in [1.29, 1.82) is 0 Å². The van der Waals surface area contributed by atoms with Gasteiger partial charge in [-0.15, -0.1) is 12.4 Å². The Hall–Kier alpha value is -1.31. The number of nitrogens with one attached hydrogen (secondary N) is 2. The van der Waals surface area contributed by atoms with Crippen LogP contribution in [0.2, 0.25) is 0 Å². The predicted octanol–water partition coefficient (Wildman–Crippen LogP) is 2.73. The normalized spacial score (nSPS) is 27.0. The van der Waals surface area contributed by atoms with Crippen LogP contribution in [0, 0.1) is 5.41 Å². The zero-order valence-electron chi connectivity index (χ0n) is 14.5. The van der Waals surface area contributed by atoms with E-state index in [9.17, 15) is 18.0 Å². The Balaban J connectivity index is 0.00000243. The summed E-state index contributed by atoms with van der Waals surface area (Å²) in [4.78, 5) is 14.3. The molecule has 2 aliphatic heterocycles. The molecule has 0 spiro atoms. The number of nitrogens with zero attached hydrogens (tertiary/aromatic N) is 1. The van der Waals surface area contributed by atoms with Gasteiger partial charge in [-0.3, -0.25) is 9.69 Å². The van der Waals surface area contributed by atoms with Crippen LogP contribution in [0.15, 0.2) is 30.3 Å². The molecular weight excluding hydrogens is 367 g/mol. The molecule has 1 amide bonds. The smallest absolute Gasteiger partial charge is 0.351 e. The Morgan fingerprint density at radius 1 is 1.31 bits per heavy atom. The molecule has 2 heterocycles. The first-order valence-corrected chi connectivity index (χ1v) is 8.75. The summed E-state index contributed by atoms with van der Waals surface area (Å²) in [5, 5.41) is 5.76. The van der Waals surface area contributed by atoms with Crippen molar-refractivity contribution in [1.82, 2.24) is 15.5 Å². The molecule has 0 saturated carbocycles. The van der Waals surface area contributed by atoms with E-state index in [4.69, 9.17) is 0 Å². The molecule has 1 aromatic carbocycles. The van der Waals surface area contributed by atoms with Gasteiger partial charge in [-0.2, -0.15) is 13.2 Å². The van der Waals surface area contributed by atoms with Gasteiger partial charge in [0.2, 0.25) is 5.91 Å². The lowest BCUT2D eigenvalue weighted by atomic mass is 9.84. The number of hydrogen-bond donors (Lipinski definition) is 2. The molecule has 1 unspecified atom stereocenters. The predicted molar refractivity (Wildman–Crippen MR) is 96.1 cm³/mol. The van der Waals surface area contributed by atoms with Gasteiger partial charge in [0, 0.05) is 25.7 Å². The van der Waals surface area contributed by atoms with Crippen LogP contribution in [0.1, 0.15) is 24.8 Å². The van der Waals surface area contributed by atoms with Gasteiger partial charge in [0.05, 0.1) is 0 Å². The molecule has 2 atom stereocenters. The van der Waals surface area contributed by atoms with E-state index in [1.165, 1.54) is 0 Å². The van der Waals surface area contributed by atoms with Gasteiger partial charge in [-0.05, 0) is 37.9 Å². The van der Waals surface area contributed by atoms with Crippen molar-refractivity contribution in [3.63, 3.8) is 0 Å². The molecule has 0 aromatic heterocycles. The summed E-state index contributed by atoms with van der Waals surface area (Å²) in [7, 11) is 0. The molecule has 0 radical (unpaired) electrons. The third-order valence-corrected chi connectivity index (χ3v) is 5.21. The summed E-state index contributed by atoms with van der Waals surface area (Å²) >= 11 is 0. The SMILES string of the molecule is Cl.O=C(N[C@H]1CCCNC1)C1(C(F)(F)F)CCN(Cc2ccccc2)C1. The number of halogens is 4. The lowest BCUT2D eigenvalue weighted by molar-refractivity contribution is -0.218. The molecule has 2 saturated heterocycles. The van der Waals surface area contributed by atoms with E-state index >= 15 is 0 Å². The van der Waals surface area contributed by atoms with E-state index < -0.39 is 17.5 Å². The minimum absolute atomic E-state index is 0. The van der Waals surface area contributed by atoms with Crippen LogP contribution in [-0.4, -0.2) is 49.2 Å². The molecular formula is C18H25ClF3N3O. The Morgan fingerprint density at radius 2 is 2.04 bits per heavy atom. The number of carbonyl (C=O) groups excluding carboxylic acids is 1. The topological polar surface area (TPSA) is 44.4 Å².